The van der Waals surface area contributed by atoms with Gasteiger partial charge in [0.15, 0.2) is 0 Å². The van der Waals surface area contributed by atoms with Crippen LogP contribution in [0.5, 0.6) is 0 Å². The van der Waals surface area contributed by atoms with Crippen molar-refractivity contribution in [2.45, 2.75) is 25.9 Å². The van der Waals surface area contributed by atoms with Gasteiger partial charge in [-0.2, -0.15) is 0 Å². The van der Waals surface area contributed by atoms with E-state index < -0.39 is 11.1 Å². The number of likely N-dealkylation sites (tertiary alicyclic amines) is 1. The van der Waals surface area contributed by atoms with Crippen molar-refractivity contribution < 1.29 is 13.5 Å². The minimum Gasteiger partial charge on any atom is -0.772 e. The fraction of sp³-hybridized carbons (Fsp3) is 1.00. The normalized spacial score (nSPS) is 22.4. The van der Waals surface area contributed by atoms with E-state index in [1.165, 1.54) is 0 Å². The van der Waals surface area contributed by atoms with Crippen LogP contribution in [-0.4, -0.2) is 51.8 Å². The van der Waals surface area contributed by atoms with Gasteiger partial charge in [-0.3, -0.25) is 4.21 Å². The van der Waals surface area contributed by atoms with E-state index in [1.807, 2.05) is 6.92 Å². The van der Waals surface area contributed by atoms with Crippen molar-refractivity contribution in [3.63, 3.8) is 0 Å². The molecule has 1 fully saturated rings. The Morgan fingerprint density at radius 2 is 2.14 bits per heavy atom. The van der Waals surface area contributed by atoms with Crippen LogP contribution in [-0.2, 0) is 15.8 Å². The van der Waals surface area contributed by atoms with E-state index >= 15 is 0 Å². The third-order valence-electron chi connectivity index (χ3n) is 2.51. The summed E-state index contributed by atoms with van der Waals surface area (Å²) in [4.78, 5) is 2.19. The fourth-order valence-electron chi connectivity index (χ4n) is 1.74. The summed E-state index contributed by atoms with van der Waals surface area (Å²) in [5, 5.41) is 0. The summed E-state index contributed by atoms with van der Waals surface area (Å²) in [6, 6.07) is 0. The third-order valence-corrected chi connectivity index (χ3v) is 3.03. The van der Waals surface area contributed by atoms with E-state index in [4.69, 9.17) is 4.74 Å². The lowest BCUT2D eigenvalue weighted by Gasteiger charge is -2.31. The van der Waals surface area contributed by atoms with E-state index in [9.17, 15) is 8.76 Å². The minimum absolute atomic E-state index is 0.249. The first-order valence-electron chi connectivity index (χ1n) is 5.12. The zero-order valence-electron chi connectivity index (χ0n) is 8.61. The Kier molecular flexibility index (Phi) is 5.62. The van der Waals surface area contributed by atoms with Crippen LogP contribution in [0, 0.1) is 0 Å². The van der Waals surface area contributed by atoms with Crippen LogP contribution in [0.25, 0.3) is 0 Å². The molecule has 0 amide bonds. The van der Waals surface area contributed by atoms with Crippen LogP contribution < -0.4 is 0 Å². The van der Waals surface area contributed by atoms with Crippen LogP contribution >= 0.6 is 0 Å². The molecular formula is C9H18NO3S-. The lowest BCUT2D eigenvalue weighted by molar-refractivity contribution is 0.0156. The van der Waals surface area contributed by atoms with Crippen molar-refractivity contribution in [3.8, 4) is 0 Å². The molecule has 0 aromatic rings. The van der Waals surface area contributed by atoms with E-state index in [1.54, 1.807) is 0 Å². The number of rotatable bonds is 5. The number of piperidine rings is 1. The molecule has 1 atom stereocenters. The molecule has 0 bridgehead atoms. The van der Waals surface area contributed by atoms with Gasteiger partial charge in [0.2, 0.25) is 0 Å². The summed E-state index contributed by atoms with van der Waals surface area (Å²) in [7, 11) is 0. The summed E-state index contributed by atoms with van der Waals surface area (Å²) < 4.78 is 26.2. The van der Waals surface area contributed by atoms with Gasteiger partial charge >= 0.3 is 0 Å². The summed E-state index contributed by atoms with van der Waals surface area (Å²) in [6.07, 6.45) is 2.44. The molecule has 0 radical (unpaired) electrons. The molecule has 1 heterocycles. The summed E-state index contributed by atoms with van der Waals surface area (Å²) in [5.41, 5.74) is 0. The fourth-order valence-corrected chi connectivity index (χ4v) is 2.15. The van der Waals surface area contributed by atoms with E-state index in [0.717, 1.165) is 32.5 Å². The Morgan fingerprint density at radius 1 is 1.50 bits per heavy atom. The molecule has 0 N–H and O–H groups in total. The molecule has 1 rings (SSSR count). The highest BCUT2D eigenvalue weighted by Gasteiger charge is 2.18. The Balaban J connectivity index is 2.12. The number of nitrogens with zero attached hydrogens (tertiary/aromatic N) is 1. The van der Waals surface area contributed by atoms with Crippen LogP contribution in [0.3, 0.4) is 0 Å². The molecule has 0 aliphatic carbocycles. The number of hydrogen-bond acceptors (Lipinski definition) is 4. The van der Waals surface area contributed by atoms with Crippen LogP contribution in [0.1, 0.15) is 19.8 Å². The second kappa shape index (κ2) is 6.50. The molecule has 0 spiro atoms. The molecule has 0 aromatic carbocycles. The molecule has 1 saturated heterocycles. The smallest absolute Gasteiger partial charge is 0.0599 e. The maximum absolute atomic E-state index is 10.4. The quantitative estimate of drug-likeness (QED) is 0.628. The first-order valence-corrected chi connectivity index (χ1v) is 6.36. The van der Waals surface area contributed by atoms with E-state index in [0.29, 0.717) is 12.6 Å². The maximum atomic E-state index is 10.4. The maximum Gasteiger partial charge on any atom is 0.0599 e. The van der Waals surface area contributed by atoms with Crippen molar-refractivity contribution >= 4 is 11.1 Å². The first kappa shape index (κ1) is 12.1. The molecule has 1 aliphatic heterocycles. The Morgan fingerprint density at radius 3 is 2.64 bits per heavy atom. The van der Waals surface area contributed by atoms with Gasteiger partial charge in [0.05, 0.1) is 6.10 Å². The average Bonchev–Trinajstić information content (AvgIpc) is 2.17. The first-order chi connectivity index (χ1) is 6.72. The summed E-state index contributed by atoms with van der Waals surface area (Å²) in [6.45, 7) is 5.36. The van der Waals surface area contributed by atoms with E-state index in [-0.39, 0.29) is 5.75 Å². The highest BCUT2D eigenvalue weighted by molar-refractivity contribution is 7.79. The molecule has 14 heavy (non-hydrogen) atoms. The Labute approximate surface area is 87.9 Å². The Hall–Kier alpha value is 0.0300. The Bertz CT molecular complexity index is 181. The zero-order chi connectivity index (χ0) is 10.4. The predicted molar refractivity (Wildman–Crippen MR) is 54.9 cm³/mol. The molecule has 1 aliphatic rings. The second-order valence-corrected chi connectivity index (χ2v) is 4.52. The van der Waals surface area contributed by atoms with Gasteiger partial charge in [-0.1, -0.05) is 11.1 Å². The standard InChI is InChI=1S/C9H19NO3S/c1-2-13-9-3-5-10(6-4-9)7-8-14(11)12/h9H,2-8H2,1H3,(H,11,12)/p-1. The summed E-state index contributed by atoms with van der Waals surface area (Å²) in [5.74, 6) is 0.249. The van der Waals surface area contributed by atoms with Gasteiger partial charge in [0, 0.05) is 32.0 Å². The molecule has 0 saturated carbocycles. The van der Waals surface area contributed by atoms with Crippen molar-refractivity contribution in [2.75, 3.05) is 32.0 Å². The molecular weight excluding hydrogens is 202 g/mol. The van der Waals surface area contributed by atoms with Gasteiger partial charge in [0.25, 0.3) is 0 Å². The molecule has 0 aromatic heterocycles. The van der Waals surface area contributed by atoms with Crippen LogP contribution in [0.15, 0.2) is 0 Å². The molecule has 4 nitrogen and oxygen atoms in total. The van der Waals surface area contributed by atoms with Crippen molar-refractivity contribution in [1.82, 2.24) is 4.90 Å². The average molecular weight is 220 g/mol. The molecule has 5 heteroatoms. The van der Waals surface area contributed by atoms with Gasteiger partial charge in [0.1, 0.15) is 0 Å². The van der Waals surface area contributed by atoms with Gasteiger partial charge in [-0.25, -0.2) is 0 Å². The van der Waals surface area contributed by atoms with Crippen molar-refractivity contribution in [1.29, 1.82) is 0 Å². The lowest BCUT2D eigenvalue weighted by Crippen LogP contribution is -2.38. The van der Waals surface area contributed by atoms with Gasteiger partial charge in [-0.05, 0) is 19.8 Å². The SMILES string of the molecule is CCOC1CCN(CCS(=O)[O-])CC1. The highest BCUT2D eigenvalue weighted by atomic mass is 32.2. The van der Waals surface area contributed by atoms with Crippen LogP contribution in [0.4, 0.5) is 0 Å². The van der Waals surface area contributed by atoms with E-state index in [2.05, 4.69) is 4.90 Å². The highest BCUT2D eigenvalue weighted by Crippen LogP contribution is 2.12. The minimum atomic E-state index is -1.90. The monoisotopic (exact) mass is 220 g/mol. The summed E-state index contributed by atoms with van der Waals surface area (Å²) >= 11 is -1.90. The lowest BCUT2D eigenvalue weighted by atomic mass is 10.1. The van der Waals surface area contributed by atoms with Crippen LogP contribution in [0.2, 0.25) is 0 Å². The zero-order valence-corrected chi connectivity index (χ0v) is 9.42. The molecule has 84 valence electrons. The predicted octanol–water partition coefficient (Wildman–Crippen LogP) is 0.366. The molecule has 1 unspecified atom stereocenters. The second-order valence-electron chi connectivity index (χ2n) is 3.50. The topological polar surface area (TPSA) is 52.6 Å². The number of hydrogen-bond donors (Lipinski definition) is 0. The van der Waals surface area contributed by atoms with Crippen molar-refractivity contribution in [3.05, 3.63) is 0 Å². The van der Waals surface area contributed by atoms with Crippen molar-refractivity contribution in [2.24, 2.45) is 0 Å². The largest absolute Gasteiger partial charge is 0.772 e. The number of ether oxygens (including phenoxy) is 1. The third kappa shape index (κ3) is 4.50. The van der Waals surface area contributed by atoms with Gasteiger partial charge in [-0.15, -0.1) is 0 Å². The van der Waals surface area contributed by atoms with Gasteiger partial charge < -0.3 is 14.2 Å².